The summed E-state index contributed by atoms with van der Waals surface area (Å²) in [7, 11) is 0. The van der Waals surface area contributed by atoms with Gasteiger partial charge in [0.15, 0.2) is 16.1 Å². The molecule has 84 valence electrons. The second-order valence-corrected chi connectivity index (χ2v) is 3.28. The van der Waals surface area contributed by atoms with E-state index < -0.39 is 19.2 Å². The zero-order valence-electron chi connectivity index (χ0n) is 7.18. The molecule has 1 rings (SSSR count). The largest absolute Gasteiger partial charge is 0.490 e. The van der Waals surface area contributed by atoms with Crippen molar-refractivity contribution in [1.82, 2.24) is 10.2 Å². The van der Waals surface area contributed by atoms with E-state index in [2.05, 4.69) is 10.2 Å². The predicted molar refractivity (Wildman–Crippen MR) is 48.2 cm³/mol. The van der Waals surface area contributed by atoms with E-state index in [0.29, 0.717) is 0 Å². The van der Waals surface area contributed by atoms with Gasteiger partial charge >= 0.3 is 6.18 Å². The molecule has 15 heavy (non-hydrogen) atoms. The number of rotatable bonds is 3. The summed E-state index contributed by atoms with van der Waals surface area (Å²) in [4.78, 5) is 0. The van der Waals surface area contributed by atoms with Gasteiger partial charge in [-0.3, -0.25) is 0 Å². The molecule has 0 aliphatic rings. The number of nitrogens with zero attached hydrogens (tertiary/aromatic N) is 2. The Morgan fingerprint density at radius 2 is 1.93 bits per heavy atom. The molecule has 0 amide bonds. The van der Waals surface area contributed by atoms with Gasteiger partial charge in [-0.25, -0.2) is 0 Å². The maximum Gasteiger partial charge on any atom is 0.392 e. The first-order valence-corrected chi connectivity index (χ1v) is 4.52. The van der Waals surface area contributed by atoms with Crippen LogP contribution in [-0.2, 0) is 0 Å². The monoisotopic (exact) mass is 260 g/mol. The highest BCUT2D eigenvalue weighted by Crippen LogP contribution is 2.25. The normalized spacial score (nSPS) is 11.5. The molecule has 0 saturated heterocycles. The fraction of sp³-hybridized carbons (Fsp3) is 0.429. The Labute approximate surface area is 93.2 Å². The smallest absolute Gasteiger partial charge is 0.392 e. The van der Waals surface area contributed by atoms with Crippen LogP contribution in [0.3, 0.4) is 0 Å². The van der Waals surface area contributed by atoms with E-state index in [-0.39, 0.29) is 16.1 Å². The number of aromatic nitrogens is 2. The van der Waals surface area contributed by atoms with Crippen molar-refractivity contribution in [3.63, 3.8) is 0 Å². The molecule has 1 aromatic heterocycles. The highest BCUT2D eigenvalue weighted by Gasteiger charge is 2.27. The zero-order valence-corrected chi connectivity index (χ0v) is 8.70. The van der Waals surface area contributed by atoms with E-state index in [1.807, 2.05) is 0 Å². The quantitative estimate of drug-likeness (QED) is 0.838. The van der Waals surface area contributed by atoms with Gasteiger partial charge < -0.3 is 4.74 Å². The van der Waals surface area contributed by atoms with Crippen LogP contribution in [0.2, 0.25) is 10.3 Å². The van der Waals surface area contributed by atoms with Crippen LogP contribution in [0.15, 0.2) is 6.07 Å². The standard InChI is InChI=1S/C7H5Cl2F3N2O/c8-5-3-4(6(9)14-13-5)15-2-1-7(10,11)12/h3H,1-2H2. The molecular formula is C7H5Cl2F3N2O. The van der Waals surface area contributed by atoms with Gasteiger partial charge in [-0.1, -0.05) is 23.2 Å². The minimum Gasteiger partial charge on any atom is -0.490 e. The lowest BCUT2D eigenvalue weighted by Gasteiger charge is -2.08. The predicted octanol–water partition coefficient (Wildman–Crippen LogP) is 3.11. The Kier molecular flexibility index (Phi) is 3.98. The Balaban J connectivity index is 2.54. The SMILES string of the molecule is FC(F)(F)CCOc1cc(Cl)nnc1Cl. The Bertz CT molecular complexity index is 345. The number of ether oxygens (including phenoxy) is 1. The molecule has 0 radical (unpaired) electrons. The van der Waals surface area contributed by atoms with E-state index in [0.717, 1.165) is 0 Å². The molecule has 1 aromatic rings. The van der Waals surface area contributed by atoms with Crippen molar-refractivity contribution in [2.45, 2.75) is 12.6 Å². The number of hydrogen-bond donors (Lipinski definition) is 0. The summed E-state index contributed by atoms with van der Waals surface area (Å²) >= 11 is 11.0. The molecule has 0 aliphatic heterocycles. The number of alkyl halides is 3. The Morgan fingerprint density at radius 1 is 1.27 bits per heavy atom. The van der Waals surface area contributed by atoms with Crippen LogP contribution in [0.5, 0.6) is 5.75 Å². The van der Waals surface area contributed by atoms with Crippen LogP contribution in [0.4, 0.5) is 13.2 Å². The van der Waals surface area contributed by atoms with Crippen LogP contribution in [0.25, 0.3) is 0 Å². The van der Waals surface area contributed by atoms with E-state index in [1.54, 1.807) is 0 Å². The van der Waals surface area contributed by atoms with Crippen molar-refractivity contribution in [1.29, 1.82) is 0 Å². The van der Waals surface area contributed by atoms with Gasteiger partial charge in [0, 0.05) is 6.07 Å². The second kappa shape index (κ2) is 4.85. The van der Waals surface area contributed by atoms with Gasteiger partial charge in [-0.15, -0.1) is 10.2 Å². The third kappa shape index (κ3) is 4.53. The summed E-state index contributed by atoms with van der Waals surface area (Å²) in [6.07, 6.45) is -5.33. The van der Waals surface area contributed by atoms with Gasteiger partial charge in [0.1, 0.15) is 0 Å². The highest BCUT2D eigenvalue weighted by atomic mass is 35.5. The molecule has 3 nitrogen and oxygen atoms in total. The van der Waals surface area contributed by atoms with Crippen LogP contribution >= 0.6 is 23.2 Å². The maximum atomic E-state index is 11.8. The summed E-state index contributed by atoms with van der Waals surface area (Å²) in [6.45, 7) is -0.536. The van der Waals surface area contributed by atoms with Crippen molar-refractivity contribution in [3.8, 4) is 5.75 Å². The van der Waals surface area contributed by atoms with E-state index in [4.69, 9.17) is 27.9 Å². The van der Waals surface area contributed by atoms with E-state index in [9.17, 15) is 13.2 Å². The van der Waals surface area contributed by atoms with Gasteiger partial charge in [-0.2, -0.15) is 13.2 Å². The molecule has 0 saturated carbocycles. The molecule has 0 atom stereocenters. The fourth-order valence-electron chi connectivity index (χ4n) is 0.715. The molecule has 0 N–H and O–H groups in total. The van der Waals surface area contributed by atoms with E-state index in [1.165, 1.54) is 6.07 Å². The van der Waals surface area contributed by atoms with Gasteiger partial charge in [0.2, 0.25) is 0 Å². The minimum absolute atomic E-state index is 0.00130. The van der Waals surface area contributed by atoms with Crippen molar-refractivity contribution in [2.75, 3.05) is 6.61 Å². The molecule has 8 heteroatoms. The van der Waals surface area contributed by atoms with E-state index >= 15 is 0 Å². The minimum atomic E-state index is -4.27. The van der Waals surface area contributed by atoms with Crippen molar-refractivity contribution < 1.29 is 17.9 Å². The molecule has 0 spiro atoms. The summed E-state index contributed by atoms with van der Waals surface area (Å²) in [5.74, 6) is -0.0130. The van der Waals surface area contributed by atoms with Crippen LogP contribution in [0.1, 0.15) is 6.42 Å². The first-order valence-electron chi connectivity index (χ1n) is 3.77. The average molecular weight is 261 g/mol. The first-order chi connectivity index (χ1) is 6.88. The Morgan fingerprint density at radius 3 is 2.53 bits per heavy atom. The fourth-order valence-corrected chi connectivity index (χ4v) is 0.999. The highest BCUT2D eigenvalue weighted by molar-refractivity contribution is 6.32. The van der Waals surface area contributed by atoms with Gasteiger partial charge in [0.05, 0.1) is 13.0 Å². The Hall–Kier alpha value is -0.750. The molecule has 0 unspecified atom stereocenters. The lowest BCUT2D eigenvalue weighted by molar-refractivity contribution is -0.139. The summed E-state index contributed by atoms with van der Waals surface area (Å²) in [5.41, 5.74) is 0. The third-order valence-corrected chi connectivity index (χ3v) is 1.78. The van der Waals surface area contributed by atoms with Crippen molar-refractivity contribution in [3.05, 3.63) is 16.4 Å². The van der Waals surface area contributed by atoms with Crippen LogP contribution in [0, 0.1) is 0 Å². The van der Waals surface area contributed by atoms with Gasteiger partial charge in [-0.05, 0) is 0 Å². The summed E-state index contributed by atoms with van der Waals surface area (Å²) < 4.78 is 40.1. The lowest BCUT2D eigenvalue weighted by atomic mass is 10.4. The number of halogens is 5. The molecular weight excluding hydrogens is 256 g/mol. The first kappa shape index (κ1) is 12.3. The zero-order chi connectivity index (χ0) is 11.5. The lowest BCUT2D eigenvalue weighted by Crippen LogP contribution is -2.13. The molecule has 0 fully saturated rings. The molecule has 0 aromatic carbocycles. The molecule has 0 bridgehead atoms. The summed E-state index contributed by atoms with van der Waals surface area (Å²) in [6, 6.07) is 1.20. The number of hydrogen-bond acceptors (Lipinski definition) is 3. The maximum absolute atomic E-state index is 11.8. The molecule has 1 heterocycles. The third-order valence-electron chi connectivity index (χ3n) is 1.33. The average Bonchev–Trinajstić information content (AvgIpc) is 2.09. The van der Waals surface area contributed by atoms with Crippen molar-refractivity contribution in [2.24, 2.45) is 0 Å². The van der Waals surface area contributed by atoms with Crippen molar-refractivity contribution >= 4 is 23.2 Å². The second-order valence-electron chi connectivity index (χ2n) is 2.54. The topological polar surface area (TPSA) is 35.0 Å². The van der Waals surface area contributed by atoms with Crippen LogP contribution in [-0.4, -0.2) is 23.0 Å². The van der Waals surface area contributed by atoms with Gasteiger partial charge in [0.25, 0.3) is 0 Å². The summed E-state index contributed by atoms with van der Waals surface area (Å²) in [5, 5.41) is 6.63. The van der Waals surface area contributed by atoms with Crippen LogP contribution < -0.4 is 4.74 Å². The molecule has 0 aliphatic carbocycles.